The van der Waals surface area contributed by atoms with Crippen LogP contribution in [0.5, 0.6) is 0 Å². The number of hydrogen-bond acceptors (Lipinski definition) is 15. The van der Waals surface area contributed by atoms with Gasteiger partial charge in [-0.05, 0) is 44.1 Å². The Hall–Kier alpha value is -3.62. The van der Waals surface area contributed by atoms with Crippen LogP contribution in [0.4, 0.5) is 0 Å². The van der Waals surface area contributed by atoms with E-state index in [1.807, 2.05) is 56.4 Å². The zero-order chi connectivity index (χ0) is 46.7. The first-order valence-corrected chi connectivity index (χ1v) is 21.9. The van der Waals surface area contributed by atoms with Crippen molar-refractivity contribution in [3.8, 4) is 0 Å². The molecule has 63 heavy (non-hydrogen) atoms. The van der Waals surface area contributed by atoms with E-state index in [1.54, 1.807) is 42.5 Å². The average Bonchev–Trinajstić information content (AvgIpc) is 3.20. The van der Waals surface area contributed by atoms with Gasteiger partial charge in [-0.2, -0.15) is 0 Å². The third-order valence-electron chi connectivity index (χ3n) is 11.7. The Morgan fingerprint density at radius 1 is 0.714 bits per heavy atom. The van der Waals surface area contributed by atoms with Crippen molar-refractivity contribution in [2.75, 3.05) is 0 Å². The summed E-state index contributed by atoms with van der Waals surface area (Å²) in [5.74, 6) is -6.06. The molecule has 354 valence electrons. The summed E-state index contributed by atoms with van der Waals surface area (Å²) in [6, 6.07) is -1.13. The molecule has 2 aliphatic heterocycles. The number of carboxylic acids is 1. The van der Waals surface area contributed by atoms with E-state index in [9.17, 15) is 65.8 Å². The summed E-state index contributed by atoms with van der Waals surface area (Å²) in [7, 11) is 0. The van der Waals surface area contributed by atoms with Gasteiger partial charge in [0.1, 0.15) is 23.6 Å². The Morgan fingerprint density at radius 2 is 1.30 bits per heavy atom. The molecule has 0 spiro atoms. The number of hydrogen-bond donors (Lipinski definition) is 12. The molecule has 1 fully saturated rings. The van der Waals surface area contributed by atoms with E-state index in [-0.39, 0.29) is 68.3 Å². The van der Waals surface area contributed by atoms with Crippen LogP contribution < -0.4 is 5.73 Å². The maximum atomic E-state index is 12.6. The SMILES string of the molecule is C[C@H]1/C=C/C=C/C=C/C=C/C=C/C=C/C=C/[C@H](OC2CC=C(O)C(N)C2O)C[C@@H]2O[C@](O)(C[C@@H](O)C[C@@H](O)[C@H](O)CC[C@@H](O)C[C@@H](O)CC(=O)CC[C@H](C)[C@@H]1O)C[C@H](O)[C@H]2C(=O)O. The van der Waals surface area contributed by atoms with Crippen molar-refractivity contribution in [2.45, 2.75) is 163 Å². The molecule has 3 unspecified atom stereocenters. The monoisotopic (exact) mass is 889 g/mol. The van der Waals surface area contributed by atoms with Gasteiger partial charge in [-0.1, -0.05) is 98.9 Å². The molecule has 16 heteroatoms. The Bertz CT molecular complexity index is 1660. The number of aliphatic carboxylic acids is 1. The fourth-order valence-corrected chi connectivity index (χ4v) is 8.03. The summed E-state index contributed by atoms with van der Waals surface area (Å²) in [6.07, 6.45) is 10.6. The first-order valence-electron chi connectivity index (χ1n) is 21.9. The Kier molecular flexibility index (Phi) is 23.0. The number of carbonyl (C=O) groups is 2. The molecule has 1 aliphatic carbocycles. The van der Waals surface area contributed by atoms with Crippen LogP contribution in [0.25, 0.3) is 0 Å². The standard InChI is InChI=1S/C47H71NO15/c1-29-15-13-11-9-7-5-3-4-6-8-10-12-14-16-35(62-40-22-21-37(54)43(48)45(40)58)26-41-42(46(59)60)39(56)28-47(61,63-41)27-34(52)25-38(55)36(53)20-19-32(50)24-33(51)23-31(49)18-17-30(2)44(29)57/h3-16,21,29-30,32-36,38-45,50-58,61H,17-20,22-28,48H2,1-2H3,(H,59,60)/b4-3+,7-5+,8-6+,11-9+,12-10+,15-13+,16-14+/t29-,30-,32+,33-,34-,35-,36+,38+,39-,40?,41-,42+,43?,44+,45?,47+/m0/s1. The molecule has 3 aliphatic rings. The quantitative estimate of drug-likeness (QED) is 0.193. The predicted octanol–water partition coefficient (Wildman–Crippen LogP) is 2.24. The molecule has 0 aromatic rings. The summed E-state index contributed by atoms with van der Waals surface area (Å²) < 4.78 is 12.1. The Morgan fingerprint density at radius 3 is 1.90 bits per heavy atom. The molecule has 2 heterocycles. The number of fused-ring (bicyclic) bond motifs is 2. The third kappa shape index (κ3) is 18.8. The minimum atomic E-state index is -2.29. The van der Waals surface area contributed by atoms with E-state index in [4.69, 9.17) is 15.2 Å². The lowest BCUT2D eigenvalue weighted by Gasteiger charge is -2.44. The molecule has 16 nitrogen and oxygen atoms in total. The number of aliphatic hydroxyl groups excluding tert-OH is 9. The molecule has 2 bridgehead atoms. The van der Waals surface area contributed by atoms with Gasteiger partial charge in [0.05, 0.1) is 67.1 Å². The molecule has 3 rings (SSSR count). The summed E-state index contributed by atoms with van der Waals surface area (Å²) in [5.41, 5.74) is 5.94. The zero-order valence-corrected chi connectivity index (χ0v) is 36.2. The van der Waals surface area contributed by atoms with Gasteiger partial charge in [-0.15, -0.1) is 0 Å². The van der Waals surface area contributed by atoms with Crippen molar-refractivity contribution in [2.24, 2.45) is 23.5 Å². The molecule has 0 amide bonds. The van der Waals surface area contributed by atoms with E-state index in [1.165, 1.54) is 6.08 Å². The number of Topliss-reactive ketones (excluding diaryl/α,β-unsaturated/α-hetero) is 1. The van der Waals surface area contributed by atoms with Crippen molar-refractivity contribution in [3.63, 3.8) is 0 Å². The van der Waals surface area contributed by atoms with Crippen LogP contribution in [-0.4, -0.2) is 147 Å². The van der Waals surface area contributed by atoms with Crippen LogP contribution in [0.1, 0.15) is 84.5 Å². The van der Waals surface area contributed by atoms with Gasteiger partial charge < -0.3 is 71.4 Å². The van der Waals surface area contributed by atoms with Gasteiger partial charge >= 0.3 is 5.97 Å². The summed E-state index contributed by atoms with van der Waals surface area (Å²) in [6.45, 7) is 3.73. The predicted molar refractivity (Wildman–Crippen MR) is 234 cm³/mol. The number of carbonyl (C=O) groups excluding carboxylic acids is 1. The first-order chi connectivity index (χ1) is 29.8. The molecule has 13 N–H and O–H groups in total. The molecular formula is C47H71NO15. The smallest absolute Gasteiger partial charge is 0.311 e. The van der Waals surface area contributed by atoms with Crippen molar-refractivity contribution in [3.05, 3.63) is 96.9 Å². The number of carboxylic acid groups (broad SMARTS) is 1. The zero-order valence-electron chi connectivity index (χ0n) is 36.2. The van der Waals surface area contributed by atoms with Gasteiger partial charge in [-0.25, -0.2) is 0 Å². The fraction of sp³-hybridized carbons (Fsp3) is 0.617. The molecule has 0 aromatic carbocycles. The number of ether oxygens (including phenoxy) is 2. The first kappa shape index (κ1) is 53.7. The lowest BCUT2D eigenvalue weighted by atomic mass is 9.82. The number of allylic oxidation sites excluding steroid dienone is 12. The second kappa shape index (κ2) is 27.0. The molecule has 1 saturated heterocycles. The molecule has 0 saturated carbocycles. The largest absolute Gasteiger partial charge is 0.511 e. The number of rotatable bonds is 3. The van der Waals surface area contributed by atoms with E-state index < -0.39 is 110 Å². The fourth-order valence-electron chi connectivity index (χ4n) is 8.03. The van der Waals surface area contributed by atoms with Crippen LogP contribution in [-0.2, 0) is 19.1 Å². The normalized spacial score (nSPS) is 43.0. The van der Waals surface area contributed by atoms with Crippen LogP contribution >= 0.6 is 0 Å². The minimum absolute atomic E-state index is 0.0559. The molecule has 0 radical (unpaired) electrons. The lowest BCUT2D eigenvalue weighted by molar-refractivity contribution is -0.301. The van der Waals surface area contributed by atoms with Crippen molar-refractivity contribution in [1.29, 1.82) is 0 Å². The van der Waals surface area contributed by atoms with E-state index in [0.717, 1.165) is 0 Å². The molecule has 16 atom stereocenters. The highest BCUT2D eigenvalue weighted by Crippen LogP contribution is 2.38. The summed E-state index contributed by atoms with van der Waals surface area (Å²) in [5, 5.41) is 118. The lowest BCUT2D eigenvalue weighted by Crippen LogP contribution is -2.56. The van der Waals surface area contributed by atoms with Crippen LogP contribution in [0.3, 0.4) is 0 Å². The highest BCUT2D eigenvalue weighted by atomic mass is 16.6. The highest BCUT2D eigenvalue weighted by Gasteiger charge is 2.50. The second-order valence-electron chi connectivity index (χ2n) is 17.2. The van der Waals surface area contributed by atoms with E-state index in [2.05, 4.69) is 0 Å². The third-order valence-corrected chi connectivity index (χ3v) is 11.7. The maximum Gasteiger partial charge on any atom is 0.311 e. The van der Waals surface area contributed by atoms with Gasteiger partial charge in [-0.3, -0.25) is 9.59 Å². The van der Waals surface area contributed by atoms with Crippen molar-refractivity contribution < 1.29 is 75.2 Å². The van der Waals surface area contributed by atoms with E-state index >= 15 is 0 Å². The summed E-state index contributed by atoms with van der Waals surface area (Å²) >= 11 is 0. The molecule has 0 aromatic heterocycles. The minimum Gasteiger partial charge on any atom is -0.511 e. The Labute approximate surface area is 370 Å². The Balaban J connectivity index is 1.83. The van der Waals surface area contributed by atoms with Gasteiger partial charge in [0.2, 0.25) is 0 Å². The van der Waals surface area contributed by atoms with Crippen LogP contribution in [0.15, 0.2) is 96.9 Å². The number of nitrogens with two attached hydrogens (primary N) is 1. The molecular weight excluding hydrogens is 819 g/mol. The van der Waals surface area contributed by atoms with Crippen molar-refractivity contribution in [1.82, 2.24) is 0 Å². The van der Waals surface area contributed by atoms with Gasteiger partial charge in [0.15, 0.2) is 5.79 Å². The summed E-state index contributed by atoms with van der Waals surface area (Å²) in [4.78, 5) is 25.1. The van der Waals surface area contributed by atoms with E-state index in [0.29, 0.717) is 6.42 Å². The van der Waals surface area contributed by atoms with Crippen molar-refractivity contribution >= 4 is 11.8 Å². The van der Waals surface area contributed by atoms with Crippen LogP contribution in [0.2, 0.25) is 0 Å². The number of aliphatic hydroxyl groups is 10. The van der Waals surface area contributed by atoms with Crippen LogP contribution in [0, 0.1) is 17.8 Å². The highest BCUT2D eigenvalue weighted by molar-refractivity contribution is 5.78. The average molecular weight is 890 g/mol. The number of ketones is 1. The maximum absolute atomic E-state index is 12.6. The van der Waals surface area contributed by atoms with Gasteiger partial charge in [0, 0.05) is 44.4 Å². The van der Waals surface area contributed by atoms with Gasteiger partial charge in [0.25, 0.3) is 0 Å². The topological polar surface area (TPSA) is 301 Å². The second-order valence-corrected chi connectivity index (χ2v) is 17.2.